The molecule has 0 amide bonds. The Kier molecular flexibility index (Phi) is 5.84. The molecule has 8 heteroatoms. The summed E-state index contributed by atoms with van der Waals surface area (Å²) in [5.74, 6) is 0.425. The van der Waals surface area contributed by atoms with Gasteiger partial charge in [0, 0.05) is 5.41 Å². The van der Waals surface area contributed by atoms with Crippen LogP contribution in [0.15, 0.2) is 33.3 Å². The highest BCUT2D eigenvalue weighted by Gasteiger charge is 2.23. The minimum atomic E-state index is -0.432. The van der Waals surface area contributed by atoms with Gasteiger partial charge in [0.05, 0.1) is 12.8 Å². The van der Waals surface area contributed by atoms with Gasteiger partial charge in [0.25, 0.3) is 5.56 Å². The molecule has 1 aromatic carbocycles. The molecule has 0 fully saturated rings. The average Bonchev–Trinajstić information content (AvgIpc) is 2.55. The van der Waals surface area contributed by atoms with Crippen LogP contribution < -0.4 is 10.3 Å². The van der Waals surface area contributed by atoms with E-state index >= 15 is 0 Å². The third-order valence-electron chi connectivity index (χ3n) is 3.31. The Hall–Kier alpha value is -2.35. The Morgan fingerprint density at radius 1 is 1.36 bits per heavy atom. The van der Waals surface area contributed by atoms with E-state index in [0.29, 0.717) is 28.8 Å². The first kappa shape index (κ1) is 19.0. The Morgan fingerprint density at radius 2 is 2.08 bits per heavy atom. The van der Waals surface area contributed by atoms with Gasteiger partial charge in [-0.05, 0) is 36.9 Å². The first-order valence-electron chi connectivity index (χ1n) is 7.82. The minimum Gasteiger partial charge on any atom is -0.504 e. The van der Waals surface area contributed by atoms with Crippen molar-refractivity contribution in [3.8, 4) is 11.5 Å². The number of hydrogen-bond acceptors (Lipinski definition) is 7. The molecule has 0 spiro atoms. The van der Waals surface area contributed by atoms with E-state index in [4.69, 9.17) is 4.74 Å². The fraction of sp³-hybridized carbons (Fsp3) is 0.412. The van der Waals surface area contributed by atoms with Crippen LogP contribution in [0.25, 0.3) is 0 Å². The molecule has 1 aromatic heterocycles. The third kappa shape index (κ3) is 4.39. The molecule has 0 saturated heterocycles. The van der Waals surface area contributed by atoms with Gasteiger partial charge in [-0.15, -0.1) is 10.2 Å². The van der Waals surface area contributed by atoms with Gasteiger partial charge in [0.2, 0.25) is 5.16 Å². The highest BCUT2D eigenvalue weighted by atomic mass is 32.2. The summed E-state index contributed by atoms with van der Waals surface area (Å²) in [7, 11) is 0. The number of rotatable bonds is 5. The number of aromatic hydroxyl groups is 1. The zero-order chi connectivity index (χ0) is 18.6. The molecular weight excluding hydrogens is 340 g/mol. The van der Waals surface area contributed by atoms with Crippen molar-refractivity contribution in [2.24, 2.45) is 5.10 Å². The zero-order valence-electron chi connectivity index (χ0n) is 15.0. The maximum Gasteiger partial charge on any atom is 0.297 e. The Balaban J connectivity index is 2.47. The van der Waals surface area contributed by atoms with E-state index in [1.54, 1.807) is 18.4 Å². The maximum atomic E-state index is 12.7. The molecule has 0 saturated carbocycles. The van der Waals surface area contributed by atoms with Gasteiger partial charge in [-0.2, -0.15) is 9.78 Å². The smallest absolute Gasteiger partial charge is 0.297 e. The molecule has 7 nitrogen and oxygen atoms in total. The normalized spacial score (nSPS) is 11.9. The predicted molar refractivity (Wildman–Crippen MR) is 99.0 cm³/mol. The van der Waals surface area contributed by atoms with Crippen LogP contribution in [0.4, 0.5) is 0 Å². The van der Waals surface area contributed by atoms with Gasteiger partial charge in [0.1, 0.15) is 5.69 Å². The summed E-state index contributed by atoms with van der Waals surface area (Å²) in [6.45, 7) is 7.98. The molecule has 0 aliphatic carbocycles. The summed E-state index contributed by atoms with van der Waals surface area (Å²) in [4.78, 5) is 12.7. The number of thioether (sulfide) groups is 1. The van der Waals surface area contributed by atoms with Crippen LogP contribution in [-0.2, 0) is 5.41 Å². The van der Waals surface area contributed by atoms with Gasteiger partial charge in [0.15, 0.2) is 11.5 Å². The average molecular weight is 362 g/mol. The van der Waals surface area contributed by atoms with Crippen LogP contribution in [0.1, 0.15) is 39.0 Å². The lowest BCUT2D eigenvalue weighted by Gasteiger charge is -2.16. The number of ether oxygens (including phenoxy) is 1. The summed E-state index contributed by atoms with van der Waals surface area (Å²) in [6, 6.07) is 4.87. The Labute approximate surface area is 150 Å². The molecule has 0 aliphatic heterocycles. The molecule has 1 heterocycles. The summed E-state index contributed by atoms with van der Waals surface area (Å²) in [6.07, 6.45) is 3.33. The van der Waals surface area contributed by atoms with Crippen LogP contribution in [0.3, 0.4) is 0 Å². The quantitative estimate of drug-likeness (QED) is 0.650. The molecule has 25 heavy (non-hydrogen) atoms. The number of aromatic nitrogens is 3. The molecule has 0 aliphatic rings. The number of benzene rings is 1. The van der Waals surface area contributed by atoms with Crippen LogP contribution in [0, 0.1) is 0 Å². The van der Waals surface area contributed by atoms with Gasteiger partial charge in [-0.3, -0.25) is 4.79 Å². The van der Waals surface area contributed by atoms with Crippen LogP contribution in [0.5, 0.6) is 11.5 Å². The lowest BCUT2D eigenvalue weighted by molar-refractivity contribution is 0.318. The van der Waals surface area contributed by atoms with Gasteiger partial charge in [-0.1, -0.05) is 32.5 Å². The fourth-order valence-electron chi connectivity index (χ4n) is 2.07. The summed E-state index contributed by atoms with van der Waals surface area (Å²) in [5.41, 5.74) is 0.309. The predicted octanol–water partition coefficient (Wildman–Crippen LogP) is 2.64. The third-order valence-corrected chi connectivity index (χ3v) is 3.93. The van der Waals surface area contributed by atoms with Gasteiger partial charge >= 0.3 is 0 Å². The minimum absolute atomic E-state index is 0.0570. The van der Waals surface area contributed by atoms with E-state index in [2.05, 4.69) is 15.3 Å². The van der Waals surface area contributed by atoms with E-state index in [-0.39, 0.29) is 11.3 Å². The van der Waals surface area contributed by atoms with Crippen molar-refractivity contribution in [2.75, 3.05) is 12.9 Å². The van der Waals surface area contributed by atoms with Crippen LogP contribution in [0.2, 0.25) is 0 Å². The number of phenolic OH excluding ortho intramolecular Hbond substituents is 1. The monoisotopic (exact) mass is 362 g/mol. The topological polar surface area (TPSA) is 89.6 Å². The standard InChI is InChI=1S/C17H22N4O3S/c1-6-24-13-9-11(7-8-12(13)22)10-18-21-15(23)14(17(2,3)4)19-20-16(21)25-5/h7-10,22H,6H2,1-5H3. The second-order valence-corrected chi connectivity index (χ2v) is 7.08. The second-order valence-electron chi connectivity index (χ2n) is 6.31. The van der Waals surface area contributed by atoms with E-state index in [1.165, 1.54) is 28.7 Å². The van der Waals surface area contributed by atoms with E-state index in [9.17, 15) is 9.90 Å². The van der Waals surface area contributed by atoms with E-state index in [1.807, 2.05) is 27.7 Å². The fourth-order valence-corrected chi connectivity index (χ4v) is 2.50. The Bertz CT molecular complexity index is 841. The molecule has 1 N–H and O–H groups in total. The second kappa shape index (κ2) is 7.69. The summed E-state index contributed by atoms with van der Waals surface area (Å²) >= 11 is 1.29. The van der Waals surface area contributed by atoms with Crippen molar-refractivity contribution in [1.82, 2.24) is 14.9 Å². The molecule has 2 rings (SSSR count). The van der Waals surface area contributed by atoms with Crippen molar-refractivity contribution in [3.05, 3.63) is 39.8 Å². The molecule has 0 atom stereocenters. The Morgan fingerprint density at radius 3 is 2.68 bits per heavy atom. The largest absolute Gasteiger partial charge is 0.504 e. The van der Waals surface area contributed by atoms with E-state index in [0.717, 1.165) is 0 Å². The summed E-state index contributed by atoms with van der Waals surface area (Å²) < 4.78 is 6.60. The summed E-state index contributed by atoms with van der Waals surface area (Å²) in [5, 5.41) is 22.6. The van der Waals surface area contributed by atoms with Crippen molar-refractivity contribution < 1.29 is 9.84 Å². The van der Waals surface area contributed by atoms with Crippen molar-refractivity contribution in [2.45, 2.75) is 38.3 Å². The van der Waals surface area contributed by atoms with Crippen LogP contribution >= 0.6 is 11.8 Å². The SMILES string of the molecule is CCOc1cc(C=Nn2c(SC)nnc(C(C)(C)C)c2=O)ccc1O. The first-order chi connectivity index (χ1) is 11.8. The molecule has 0 radical (unpaired) electrons. The number of hydrogen-bond donors (Lipinski definition) is 1. The van der Waals surface area contributed by atoms with Crippen molar-refractivity contribution in [1.29, 1.82) is 0 Å². The van der Waals surface area contributed by atoms with Gasteiger partial charge < -0.3 is 9.84 Å². The lowest BCUT2D eigenvalue weighted by Crippen LogP contribution is -2.32. The molecule has 0 bridgehead atoms. The van der Waals surface area contributed by atoms with Crippen LogP contribution in [-0.4, -0.2) is 39.1 Å². The first-order valence-corrected chi connectivity index (χ1v) is 9.04. The number of phenols is 1. The zero-order valence-corrected chi connectivity index (χ0v) is 15.8. The van der Waals surface area contributed by atoms with E-state index < -0.39 is 5.41 Å². The molecule has 2 aromatic rings. The molecule has 134 valence electrons. The van der Waals surface area contributed by atoms with Gasteiger partial charge in [-0.25, -0.2) is 0 Å². The number of nitrogens with zero attached hydrogens (tertiary/aromatic N) is 4. The lowest BCUT2D eigenvalue weighted by atomic mass is 9.93. The maximum absolute atomic E-state index is 12.7. The molecular formula is C17H22N4O3S. The van der Waals surface area contributed by atoms with Crippen molar-refractivity contribution in [3.63, 3.8) is 0 Å². The van der Waals surface area contributed by atoms with Crippen molar-refractivity contribution >= 4 is 18.0 Å². The highest BCUT2D eigenvalue weighted by Crippen LogP contribution is 2.26. The molecule has 0 unspecified atom stereocenters. The highest BCUT2D eigenvalue weighted by molar-refractivity contribution is 7.98.